The molecule has 0 aliphatic rings. The highest BCUT2D eigenvalue weighted by Gasteiger charge is 2.12. The number of benzene rings is 2. The zero-order valence-electron chi connectivity index (χ0n) is 12.0. The summed E-state index contributed by atoms with van der Waals surface area (Å²) in [6.07, 6.45) is 0. The second-order valence-corrected chi connectivity index (χ2v) is 6.73. The largest absolute Gasteiger partial charge is 0.398 e. The molecule has 0 saturated carbocycles. The molecule has 0 radical (unpaired) electrons. The van der Waals surface area contributed by atoms with E-state index in [2.05, 4.69) is 31.3 Å². The van der Waals surface area contributed by atoms with Gasteiger partial charge in [-0.2, -0.15) is 0 Å². The molecule has 0 aliphatic heterocycles. The van der Waals surface area contributed by atoms with E-state index in [0.717, 1.165) is 5.69 Å². The van der Waals surface area contributed by atoms with Gasteiger partial charge in [-0.3, -0.25) is 0 Å². The van der Waals surface area contributed by atoms with Crippen molar-refractivity contribution in [3.63, 3.8) is 0 Å². The van der Waals surface area contributed by atoms with E-state index in [-0.39, 0.29) is 10.6 Å². The van der Waals surface area contributed by atoms with Crippen molar-refractivity contribution in [1.82, 2.24) is 0 Å². The van der Waals surface area contributed by atoms with Gasteiger partial charge in [0, 0.05) is 11.4 Å². The van der Waals surface area contributed by atoms with E-state index >= 15 is 0 Å². The Bertz CT molecular complexity index is 738. The zero-order chi connectivity index (χ0) is 15.6. The first-order valence-electron chi connectivity index (χ1n) is 6.56. The highest BCUT2D eigenvalue weighted by molar-refractivity contribution is 7.89. The summed E-state index contributed by atoms with van der Waals surface area (Å²) in [5, 5.41) is 8.25. The normalized spacial score (nSPS) is 11.6. The third-order valence-corrected chi connectivity index (χ3v) is 4.17. The maximum atomic E-state index is 11.3. The van der Waals surface area contributed by atoms with Crippen molar-refractivity contribution in [1.29, 1.82) is 0 Å². The lowest BCUT2D eigenvalue weighted by atomic mass is 10.0. The van der Waals surface area contributed by atoms with Crippen LogP contribution in [0.15, 0.2) is 47.4 Å². The number of rotatable bonds is 4. The topological polar surface area (TPSA) is 98.2 Å². The highest BCUT2D eigenvalue weighted by atomic mass is 32.2. The molecule has 0 unspecified atom stereocenters. The standard InChI is InChI=1S/C15H19N3O2S/c1-10(2)11-3-5-12(6-4-11)18-13-7-8-15(14(16)9-13)21(17,19)20/h3-10,18H,16H2,1-2H3,(H2,17,19,20). The summed E-state index contributed by atoms with van der Waals surface area (Å²) in [6.45, 7) is 4.27. The Morgan fingerprint density at radius 3 is 2.05 bits per heavy atom. The Kier molecular flexibility index (Phi) is 4.20. The molecule has 5 nitrogen and oxygen atoms in total. The number of primary sulfonamides is 1. The summed E-state index contributed by atoms with van der Waals surface area (Å²) in [5.41, 5.74) is 8.72. The molecule has 0 heterocycles. The third kappa shape index (κ3) is 3.74. The average molecular weight is 305 g/mol. The second-order valence-electron chi connectivity index (χ2n) is 5.20. The molecule has 0 saturated heterocycles. The summed E-state index contributed by atoms with van der Waals surface area (Å²) in [5.74, 6) is 0.476. The molecule has 6 heteroatoms. The van der Waals surface area contributed by atoms with Gasteiger partial charge < -0.3 is 11.1 Å². The van der Waals surface area contributed by atoms with Crippen molar-refractivity contribution in [3.05, 3.63) is 48.0 Å². The summed E-state index contributed by atoms with van der Waals surface area (Å²) in [7, 11) is -3.79. The van der Waals surface area contributed by atoms with Crippen LogP contribution in [-0.4, -0.2) is 8.42 Å². The van der Waals surface area contributed by atoms with E-state index in [1.807, 2.05) is 12.1 Å². The minimum Gasteiger partial charge on any atom is -0.398 e. The number of hydrogen-bond donors (Lipinski definition) is 3. The monoisotopic (exact) mass is 305 g/mol. The van der Waals surface area contributed by atoms with E-state index in [4.69, 9.17) is 10.9 Å². The van der Waals surface area contributed by atoms with E-state index in [1.165, 1.54) is 11.6 Å². The molecule has 21 heavy (non-hydrogen) atoms. The van der Waals surface area contributed by atoms with Crippen molar-refractivity contribution in [2.75, 3.05) is 11.1 Å². The lowest BCUT2D eigenvalue weighted by molar-refractivity contribution is 0.598. The molecule has 0 atom stereocenters. The third-order valence-electron chi connectivity index (χ3n) is 3.18. The van der Waals surface area contributed by atoms with Gasteiger partial charge in [0.2, 0.25) is 10.0 Å². The molecular formula is C15H19N3O2S. The van der Waals surface area contributed by atoms with E-state index in [0.29, 0.717) is 11.6 Å². The summed E-state index contributed by atoms with van der Waals surface area (Å²) in [4.78, 5) is -0.0665. The van der Waals surface area contributed by atoms with E-state index in [9.17, 15) is 8.42 Å². The van der Waals surface area contributed by atoms with Gasteiger partial charge in [-0.15, -0.1) is 0 Å². The van der Waals surface area contributed by atoms with Gasteiger partial charge in [-0.25, -0.2) is 13.6 Å². The number of sulfonamides is 1. The predicted molar refractivity (Wildman–Crippen MR) is 86.0 cm³/mol. The van der Waals surface area contributed by atoms with E-state index in [1.54, 1.807) is 12.1 Å². The fraction of sp³-hybridized carbons (Fsp3) is 0.200. The molecule has 0 spiro atoms. The van der Waals surface area contributed by atoms with Crippen molar-refractivity contribution in [3.8, 4) is 0 Å². The Morgan fingerprint density at radius 1 is 1.00 bits per heavy atom. The van der Waals surface area contributed by atoms with Crippen LogP contribution >= 0.6 is 0 Å². The number of nitrogens with one attached hydrogen (secondary N) is 1. The van der Waals surface area contributed by atoms with Crippen LogP contribution < -0.4 is 16.2 Å². The summed E-state index contributed by atoms with van der Waals surface area (Å²) < 4.78 is 22.6. The van der Waals surface area contributed by atoms with Crippen LogP contribution in [0.5, 0.6) is 0 Å². The Balaban J connectivity index is 2.22. The molecule has 0 aliphatic carbocycles. The fourth-order valence-corrected chi connectivity index (χ4v) is 2.65. The van der Waals surface area contributed by atoms with Crippen molar-refractivity contribution in [2.24, 2.45) is 5.14 Å². The number of anilines is 3. The maximum absolute atomic E-state index is 11.3. The molecule has 5 N–H and O–H groups in total. The molecule has 112 valence electrons. The van der Waals surface area contributed by atoms with Gasteiger partial charge in [-0.05, 0) is 41.8 Å². The Morgan fingerprint density at radius 2 is 1.57 bits per heavy atom. The highest BCUT2D eigenvalue weighted by Crippen LogP contribution is 2.25. The number of hydrogen-bond acceptors (Lipinski definition) is 4. The predicted octanol–water partition coefficient (Wildman–Crippen LogP) is 2.78. The SMILES string of the molecule is CC(C)c1ccc(Nc2ccc(S(N)(=O)=O)c(N)c2)cc1. The van der Waals surface area contributed by atoms with Gasteiger partial charge in [-0.1, -0.05) is 26.0 Å². The van der Waals surface area contributed by atoms with Crippen molar-refractivity contribution >= 4 is 27.1 Å². The van der Waals surface area contributed by atoms with E-state index < -0.39 is 10.0 Å². The minimum atomic E-state index is -3.79. The second kappa shape index (κ2) is 5.75. The maximum Gasteiger partial charge on any atom is 0.240 e. The first-order chi connectivity index (χ1) is 9.77. The Labute approximate surface area is 125 Å². The lowest BCUT2D eigenvalue weighted by Crippen LogP contribution is -2.14. The van der Waals surface area contributed by atoms with Crippen LogP contribution in [0, 0.1) is 0 Å². The van der Waals surface area contributed by atoms with Gasteiger partial charge in [0.05, 0.1) is 5.69 Å². The van der Waals surface area contributed by atoms with Crippen LogP contribution in [0.1, 0.15) is 25.3 Å². The van der Waals surface area contributed by atoms with Gasteiger partial charge >= 0.3 is 0 Å². The summed E-state index contributed by atoms with van der Waals surface area (Å²) >= 11 is 0. The van der Waals surface area contributed by atoms with Crippen LogP contribution in [-0.2, 0) is 10.0 Å². The molecular weight excluding hydrogens is 286 g/mol. The molecule has 2 aromatic rings. The molecule has 0 bridgehead atoms. The molecule has 0 amide bonds. The Hall–Kier alpha value is -2.05. The van der Waals surface area contributed by atoms with Crippen molar-refractivity contribution < 1.29 is 8.42 Å². The van der Waals surface area contributed by atoms with Crippen LogP contribution in [0.25, 0.3) is 0 Å². The number of nitrogen functional groups attached to an aromatic ring is 1. The van der Waals surface area contributed by atoms with Crippen LogP contribution in [0.2, 0.25) is 0 Å². The zero-order valence-corrected chi connectivity index (χ0v) is 12.8. The molecule has 2 rings (SSSR count). The van der Waals surface area contributed by atoms with Crippen LogP contribution in [0.4, 0.5) is 17.1 Å². The summed E-state index contributed by atoms with van der Waals surface area (Å²) in [6, 6.07) is 12.6. The first-order valence-corrected chi connectivity index (χ1v) is 8.11. The van der Waals surface area contributed by atoms with Gasteiger partial charge in [0.25, 0.3) is 0 Å². The lowest BCUT2D eigenvalue weighted by Gasteiger charge is -2.11. The minimum absolute atomic E-state index is 0.0665. The van der Waals surface area contributed by atoms with Crippen LogP contribution in [0.3, 0.4) is 0 Å². The molecule has 0 fully saturated rings. The quantitative estimate of drug-likeness (QED) is 0.756. The van der Waals surface area contributed by atoms with Crippen molar-refractivity contribution in [2.45, 2.75) is 24.7 Å². The fourth-order valence-electron chi connectivity index (χ4n) is 2.00. The molecule has 0 aromatic heterocycles. The average Bonchev–Trinajstić information content (AvgIpc) is 2.37. The number of nitrogens with two attached hydrogens (primary N) is 2. The first kappa shape index (κ1) is 15.3. The van der Waals surface area contributed by atoms with Gasteiger partial charge in [0.1, 0.15) is 4.90 Å². The molecule has 2 aromatic carbocycles. The smallest absolute Gasteiger partial charge is 0.240 e. The van der Waals surface area contributed by atoms with Gasteiger partial charge in [0.15, 0.2) is 0 Å².